The van der Waals surface area contributed by atoms with Crippen molar-refractivity contribution in [3.05, 3.63) is 69.1 Å². The van der Waals surface area contributed by atoms with E-state index >= 15 is 0 Å². The molecule has 0 aliphatic carbocycles. The SMILES string of the molecule is O=C(CN1C[C@@H]2C[C@H](C1)c1cccc(=O)n1C2)NCc1ccccc1Cl. The van der Waals surface area contributed by atoms with Gasteiger partial charge in [0.05, 0.1) is 6.54 Å². The maximum atomic E-state index is 12.4. The van der Waals surface area contributed by atoms with Gasteiger partial charge >= 0.3 is 0 Å². The summed E-state index contributed by atoms with van der Waals surface area (Å²) in [5, 5.41) is 3.63. The van der Waals surface area contributed by atoms with E-state index in [0.717, 1.165) is 37.3 Å². The van der Waals surface area contributed by atoms with Crippen molar-refractivity contribution in [1.82, 2.24) is 14.8 Å². The molecule has 1 amide bonds. The molecular formula is C20H22ClN3O2. The van der Waals surface area contributed by atoms with Crippen molar-refractivity contribution in [1.29, 1.82) is 0 Å². The summed E-state index contributed by atoms with van der Waals surface area (Å²) < 4.78 is 1.91. The molecule has 1 saturated heterocycles. The molecule has 6 heteroatoms. The number of benzene rings is 1. The number of halogens is 1. The molecule has 26 heavy (non-hydrogen) atoms. The molecule has 2 aromatic rings. The second-order valence-electron chi connectivity index (χ2n) is 7.26. The molecule has 2 aliphatic heterocycles. The van der Waals surface area contributed by atoms with E-state index in [-0.39, 0.29) is 11.5 Å². The van der Waals surface area contributed by atoms with Crippen LogP contribution < -0.4 is 10.9 Å². The molecule has 1 aromatic carbocycles. The fraction of sp³-hybridized carbons (Fsp3) is 0.400. The lowest BCUT2D eigenvalue weighted by molar-refractivity contribution is -0.123. The van der Waals surface area contributed by atoms with Crippen LogP contribution in [0.25, 0.3) is 0 Å². The summed E-state index contributed by atoms with van der Waals surface area (Å²) in [6.07, 6.45) is 1.10. The van der Waals surface area contributed by atoms with Gasteiger partial charge in [0.1, 0.15) is 0 Å². The standard InChI is InChI=1S/C20H22ClN3O2/c21-17-5-2-1-4-15(17)9-22-19(25)13-23-10-14-8-16(12-23)18-6-3-7-20(26)24(18)11-14/h1-7,14,16H,8-13H2,(H,22,25)/t14-,16+/m0/s1. The highest BCUT2D eigenvalue weighted by molar-refractivity contribution is 6.31. The Bertz CT molecular complexity index is 879. The van der Waals surface area contributed by atoms with Crippen molar-refractivity contribution >= 4 is 17.5 Å². The first-order valence-corrected chi connectivity index (χ1v) is 9.40. The number of hydrogen-bond acceptors (Lipinski definition) is 3. The van der Waals surface area contributed by atoms with Crippen LogP contribution in [0, 0.1) is 5.92 Å². The summed E-state index contributed by atoms with van der Waals surface area (Å²) in [4.78, 5) is 26.7. The third kappa shape index (κ3) is 3.55. The van der Waals surface area contributed by atoms with Crippen molar-refractivity contribution in [2.75, 3.05) is 19.6 Å². The van der Waals surface area contributed by atoms with E-state index in [1.165, 1.54) is 0 Å². The van der Waals surface area contributed by atoms with Crippen LogP contribution in [0.15, 0.2) is 47.3 Å². The molecule has 0 unspecified atom stereocenters. The van der Waals surface area contributed by atoms with Crippen molar-refractivity contribution in [2.45, 2.75) is 25.4 Å². The highest BCUT2D eigenvalue weighted by atomic mass is 35.5. The number of fused-ring (bicyclic) bond motifs is 4. The van der Waals surface area contributed by atoms with Gasteiger partial charge in [-0.2, -0.15) is 0 Å². The molecule has 3 heterocycles. The first-order valence-electron chi connectivity index (χ1n) is 9.02. The highest BCUT2D eigenvalue weighted by Gasteiger charge is 2.34. The summed E-state index contributed by atoms with van der Waals surface area (Å²) in [6, 6.07) is 13.1. The number of aromatic nitrogens is 1. The topological polar surface area (TPSA) is 54.3 Å². The smallest absolute Gasteiger partial charge is 0.250 e. The molecule has 2 atom stereocenters. The number of carbonyl (C=O) groups excluding carboxylic acids is 1. The van der Waals surface area contributed by atoms with E-state index in [1.54, 1.807) is 6.07 Å². The molecule has 2 bridgehead atoms. The molecule has 0 spiro atoms. The zero-order valence-corrected chi connectivity index (χ0v) is 15.3. The van der Waals surface area contributed by atoms with Crippen molar-refractivity contribution in [3.8, 4) is 0 Å². The lowest BCUT2D eigenvalue weighted by Gasteiger charge is -2.42. The van der Waals surface area contributed by atoms with Gasteiger partial charge in [-0.3, -0.25) is 14.5 Å². The van der Waals surface area contributed by atoms with Crippen LogP contribution in [-0.2, 0) is 17.9 Å². The molecule has 1 aromatic heterocycles. The summed E-state index contributed by atoms with van der Waals surface area (Å²) >= 11 is 6.14. The minimum Gasteiger partial charge on any atom is -0.351 e. The van der Waals surface area contributed by atoms with Crippen LogP contribution >= 0.6 is 11.6 Å². The Morgan fingerprint density at radius 1 is 1.12 bits per heavy atom. The Kier molecular flexibility index (Phi) is 4.83. The first-order chi connectivity index (χ1) is 12.6. The number of hydrogen-bond donors (Lipinski definition) is 1. The predicted octanol–water partition coefficient (Wildman–Crippen LogP) is 2.24. The van der Waals surface area contributed by atoms with Crippen molar-refractivity contribution in [2.24, 2.45) is 5.92 Å². The number of rotatable bonds is 4. The van der Waals surface area contributed by atoms with E-state index in [1.807, 2.05) is 41.0 Å². The molecule has 1 fully saturated rings. The van der Waals surface area contributed by atoms with Gasteiger partial charge < -0.3 is 9.88 Å². The summed E-state index contributed by atoms with van der Waals surface area (Å²) in [6.45, 7) is 3.26. The monoisotopic (exact) mass is 371 g/mol. The third-order valence-electron chi connectivity index (χ3n) is 5.36. The molecule has 4 rings (SSSR count). The number of likely N-dealkylation sites (tertiary alicyclic amines) is 1. The molecule has 0 saturated carbocycles. The predicted molar refractivity (Wildman–Crippen MR) is 101 cm³/mol. The van der Waals surface area contributed by atoms with Crippen LogP contribution in [0.4, 0.5) is 0 Å². The van der Waals surface area contributed by atoms with Gasteiger partial charge in [0.15, 0.2) is 0 Å². The van der Waals surface area contributed by atoms with Gasteiger partial charge in [-0.15, -0.1) is 0 Å². The third-order valence-corrected chi connectivity index (χ3v) is 5.73. The van der Waals surface area contributed by atoms with Gasteiger partial charge in [0.2, 0.25) is 5.91 Å². The molecule has 1 N–H and O–H groups in total. The van der Waals surface area contributed by atoms with Gasteiger partial charge in [-0.1, -0.05) is 35.9 Å². The number of pyridine rings is 1. The van der Waals surface area contributed by atoms with Gasteiger partial charge in [-0.25, -0.2) is 0 Å². The lowest BCUT2D eigenvalue weighted by Crippen LogP contribution is -2.49. The largest absolute Gasteiger partial charge is 0.351 e. The molecule has 136 valence electrons. The Labute approximate surface area is 157 Å². The highest BCUT2D eigenvalue weighted by Crippen LogP contribution is 2.34. The minimum absolute atomic E-state index is 0.00958. The Morgan fingerprint density at radius 2 is 1.96 bits per heavy atom. The van der Waals surface area contributed by atoms with Gasteiger partial charge in [0, 0.05) is 48.9 Å². The van der Waals surface area contributed by atoms with E-state index in [0.29, 0.717) is 29.9 Å². The second kappa shape index (κ2) is 7.25. The average Bonchev–Trinajstić information content (AvgIpc) is 2.62. The molecular weight excluding hydrogens is 350 g/mol. The van der Waals surface area contributed by atoms with E-state index in [4.69, 9.17) is 11.6 Å². The minimum atomic E-state index is 0.00958. The molecule has 0 radical (unpaired) electrons. The lowest BCUT2D eigenvalue weighted by atomic mass is 9.83. The number of amides is 1. The number of piperidine rings is 1. The Balaban J connectivity index is 1.38. The zero-order chi connectivity index (χ0) is 18.1. The molecule has 2 aliphatic rings. The first kappa shape index (κ1) is 17.3. The van der Waals surface area contributed by atoms with Gasteiger partial charge in [0.25, 0.3) is 5.56 Å². The van der Waals surface area contributed by atoms with E-state index in [2.05, 4.69) is 10.2 Å². The fourth-order valence-electron chi connectivity index (χ4n) is 4.22. The van der Waals surface area contributed by atoms with Gasteiger partial charge in [-0.05, 0) is 30.0 Å². The average molecular weight is 372 g/mol. The number of nitrogens with one attached hydrogen (secondary N) is 1. The van der Waals surface area contributed by atoms with Crippen LogP contribution in [0.5, 0.6) is 0 Å². The number of carbonyl (C=O) groups is 1. The van der Waals surface area contributed by atoms with Crippen molar-refractivity contribution < 1.29 is 4.79 Å². The van der Waals surface area contributed by atoms with Crippen LogP contribution in [0.3, 0.4) is 0 Å². The Hall–Kier alpha value is -2.11. The number of nitrogens with zero attached hydrogens (tertiary/aromatic N) is 2. The van der Waals surface area contributed by atoms with Crippen LogP contribution in [0.2, 0.25) is 5.02 Å². The summed E-state index contributed by atoms with van der Waals surface area (Å²) in [5.74, 6) is 0.765. The van der Waals surface area contributed by atoms with Crippen LogP contribution in [-0.4, -0.2) is 35.0 Å². The maximum absolute atomic E-state index is 12.4. The van der Waals surface area contributed by atoms with E-state index < -0.39 is 0 Å². The maximum Gasteiger partial charge on any atom is 0.250 e. The normalized spacial score (nSPS) is 21.9. The molecule has 5 nitrogen and oxygen atoms in total. The van der Waals surface area contributed by atoms with E-state index in [9.17, 15) is 9.59 Å². The summed E-state index contributed by atoms with van der Waals surface area (Å²) in [5.41, 5.74) is 2.12. The quantitative estimate of drug-likeness (QED) is 0.896. The zero-order valence-electron chi connectivity index (χ0n) is 14.5. The van der Waals surface area contributed by atoms with Crippen molar-refractivity contribution in [3.63, 3.8) is 0 Å². The summed E-state index contributed by atoms with van der Waals surface area (Å²) in [7, 11) is 0. The van der Waals surface area contributed by atoms with Crippen LogP contribution in [0.1, 0.15) is 23.6 Å². The second-order valence-corrected chi connectivity index (χ2v) is 7.67. The Morgan fingerprint density at radius 3 is 2.81 bits per heavy atom. The fourth-order valence-corrected chi connectivity index (χ4v) is 4.42.